The number of allylic oxidation sites excluding steroid dienone is 1. The molecule has 202 valence electrons. The van der Waals surface area contributed by atoms with Crippen molar-refractivity contribution in [1.82, 2.24) is 0 Å². The maximum absolute atomic E-state index is 11.6. The molecule has 0 aromatic carbocycles. The molecule has 0 radical (unpaired) electrons. The van der Waals surface area contributed by atoms with Gasteiger partial charge in [-0.1, -0.05) is 20.8 Å². The number of rotatable bonds is 6. The van der Waals surface area contributed by atoms with Gasteiger partial charge in [-0.2, -0.15) is 0 Å². The molecular weight excluding hydrogens is 452 g/mol. The molecule has 5 rings (SSSR count). The first kappa shape index (κ1) is 26.1. The first-order valence-corrected chi connectivity index (χ1v) is 14.7. The van der Waals surface area contributed by atoms with Crippen molar-refractivity contribution in [2.45, 2.75) is 118 Å². The third kappa shape index (κ3) is 4.41. The van der Waals surface area contributed by atoms with Crippen molar-refractivity contribution >= 4 is 11.9 Å². The zero-order chi connectivity index (χ0) is 25.8. The molecule has 0 amide bonds. The van der Waals surface area contributed by atoms with Crippen LogP contribution in [0.15, 0.2) is 11.3 Å². The van der Waals surface area contributed by atoms with Gasteiger partial charge in [-0.05, 0) is 111 Å². The summed E-state index contributed by atoms with van der Waals surface area (Å²) in [6, 6.07) is 0. The highest BCUT2D eigenvalue weighted by molar-refractivity contribution is 5.66. The number of carbonyl (C=O) groups excluding carboxylic acids is 2. The molecule has 4 fully saturated rings. The van der Waals surface area contributed by atoms with Gasteiger partial charge >= 0.3 is 11.9 Å². The third-order valence-electron chi connectivity index (χ3n) is 11.6. The van der Waals surface area contributed by atoms with E-state index in [-0.39, 0.29) is 18.0 Å². The summed E-state index contributed by atoms with van der Waals surface area (Å²) in [5, 5.41) is 0. The Bertz CT molecular complexity index is 909. The van der Waals surface area contributed by atoms with Gasteiger partial charge in [0.15, 0.2) is 0 Å². The molecular formula is C31H48O5. The van der Waals surface area contributed by atoms with E-state index < -0.39 is 0 Å². The Kier molecular flexibility index (Phi) is 7.00. The topological polar surface area (TPSA) is 61.8 Å². The number of hydrogen-bond donors (Lipinski definition) is 0. The van der Waals surface area contributed by atoms with Gasteiger partial charge in [-0.3, -0.25) is 9.59 Å². The highest BCUT2D eigenvalue weighted by Crippen LogP contribution is 2.69. The van der Waals surface area contributed by atoms with E-state index in [0.717, 1.165) is 43.4 Å². The summed E-state index contributed by atoms with van der Waals surface area (Å²) in [6.07, 6.45) is 12.2. The molecule has 0 spiro atoms. The molecule has 5 unspecified atom stereocenters. The van der Waals surface area contributed by atoms with Crippen LogP contribution in [0.5, 0.6) is 0 Å². The molecule has 0 aromatic rings. The molecule has 36 heavy (non-hydrogen) atoms. The Labute approximate surface area is 218 Å². The van der Waals surface area contributed by atoms with Crippen molar-refractivity contribution in [2.75, 3.05) is 6.61 Å². The molecule has 4 saturated carbocycles. The molecule has 5 aliphatic rings. The zero-order valence-electron chi connectivity index (χ0n) is 23.4. The highest BCUT2D eigenvalue weighted by Gasteiger charge is 2.64. The quantitative estimate of drug-likeness (QED) is 0.374. The lowest BCUT2D eigenvalue weighted by molar-refractivity contribution is -0.159. The highest BCUT2D eigenvalue weighted by atomic mass is 16.5. The summed E-state index contributed by atoms with van der Waals surface area (Å²) in [4.78, 5) is 22.7. The summed E-state index contributed by atoms with van der Waals surface area (Å²) in [6.45, 7) is 13.2. The normalized spacial score (nSPS) is 44.0. The van der Waals surface area contributed by atoms with Gasteiger partial charge < -0.3 is 14.2 Å². The molecule has 4 aliphatic carbocycles. The minimum Gasteiger partial charge on any atom is -0.494 e. The summed E-state index contributed by atoms with van der Waals surface area (Å²) < 4.78 is 17.6. The first-order chi connectivity index (χ1) is 17.0. The molecule has 1 aliphatic heterocycles. The molecule has 0 saturated heterocycles. The Morgan fingerprint density at radius 2 is 1.75 bits per heavy atom. The van der Waals surface area contributed by atoms with Crippen LogP contribution in [0.1, 0.15) is 106 Å². The van der Waals surface area contributed by atoms with Crippen LogP contribution < -0.4 is 0 Å². The Morgan fingerprint density at radius 3 is 2.47 bits per heavy atom. The van der Waals surface area contributed by atoms with E-state index in [4.69, 9.17) is 14.2 Å². The molecule has 5 heteroatoms. The van der Waals surface area contributed by atoms with Crippen LogP contribution in [0.4, 0.5) is 0 Å². The summed E-state index contributed by atoms with van der Waals surface area (Å²) in [5.74, 6) is 4.89. The number of carbonyl (C=O) groups is 2. The van der Waals surface area contributed by atoms with Crippen molar-refractivity contribution in [2.24, 2.45) is 46.3 Å². The summed E-state index contributed by atoms with van der Waals surface area (Å²) in [5.41, 5.74) is 2.25. The van der Waals surface area contributed by atoms with Crippen LogP contribution in [0, 0.1) is 46.3 Å². The summed E-state index contributed by atoms with van der Waals surface area (Å²) >= 11 is 0. The van der Waals surface area contributed by atoms with E-state index in [9.17, 15) is 9.59 Å². The predicted molar refractivity (Wildman–Crippen MR) is 139 cm³/mol. The number of esters is 2. The van der Waals surface area contributed by atoms with Gasteiger partial charge in [0.25, 0.3) is 0 Å². The van der Waals surface area contributed by atoms with Crippen molar-refractivity contribution in [3.05, 3.63) is 11.3 Å². The second kappa shape index (κ2) is 9.66. The smallest absolute Gasteiger partial charge is 0.302 e. The third-order valence-corrected chi connectivity index (χ3v) is 11.6. The van der Waals surface area contributed by atoms with E-state index in [2.05, 4.69) is 27.7 Å². The number of fused-ring (bicyclic) bond motifs is 7. The van der Waals surface area contributed by atoms with Crippen molar-refractivity contribution < 1.29 is 23.8 Å². The van der Waals surface area contributed by atoms with E-state index in [1.54, 1.807) is 6.92 Å². The van der Waals surface area contributed by atoms with Crippen LogP contribution in [0.3, 0.4) is 0 Å². The van der Waals surface area contributed by atoms with Gasteiger partial charge in [-0.25, -0.2) is 0 Å². The van der Waals surface area contributed by atoms with Crippen molar-refractivity contribution in [3.8, 4) is 0 Å². The summed E-state index contributed by atoms with van der Waals surface area (Å²) in [7, 11) is 0. The average molecular weight is 501 g/mol. The SMILES string of the molecule is CC(=O)OC[C@H](C)CCC1=C(C)C2[C@H](CC3C4CCC5C[C@@H](OC(C)=O)CC[C@]5(C)C4CC[C@@]32C)O1. The Morgan fingerprint density at radius 1 is 1.00 bits per heavy atom. The fourth-order valence-corrected chi connectivity index (χ4v) is 9.86. The Balaban J connectivity index is 1.26. The van der Waals surface area contributed by atoms with Crippen LogP contribution in [0.2, 0.25) is 0 Å². The largest absolute Gasteiger partial charge is 0.494 e. The Hall–Kier alpha value is -1.52. The first-order valence-electron chi connectivity index (χ1n) is 14.7. The molecule has 1 heterocycles. The lowest BCUT2D eigenvalue weighted by Gasteiger charge is -2.61. The minimum absolute atomic E-state index is 0.120. The monoisotopic (exact) mass is 500 g/mol. The second-order valence-electron chi connectivity index (χ2n) is 13.6. The van der Waals surface area contributed by atoms with E-state index >= 15 is 0 Å². The van der Waals surface area contributed by atoms with Gasteiger partial charge in [0.2, 0.25) is 0 Å². The minimum atomic E-state index is -0.196. The van der Waals surface area contributed by atoms with Crippen molar-refractivity contribution in [3.63, 3.8) is 0 Å². The standard InChI is InChI=1S/C31H48O5/c1-18(17-34-20(3)32)7-10-27-19(2)29-28(36-27)16-26-24-9-8-22-15-23(35-21(4)33)11-13-30(22,5)25(24)12-14-31(26,29)6/h18,22-26,28-29H,7-17H2,1-6H3/t18-,22?,23+,24?,25?,26?,28+,29?,30+,31+/m1/s1. The molecule has 0 aromatic heterocycles. The maximum Gasteiger partial charge on any atom is 0.302 e. The van der Waals surface area contributed by atoms with Gasteiger partial charge in [0, 0.05) is 26.2 Å². The van der Waals surface area contributed by atoms with Crippen LogP contribution in [-0.2, 0) is 23.8 Å². The number of hydrogen-bond acceptors (Lipinski definition) is 5. The van der Waals surface area contributed by atoms with Gasteiger partial charge in [-0.15, -0.1) is 0 Å². The van der Waals surface area contributed by atoms with E-state index in [1.807, 2.05) is 0 Å². The maximum atomic E-state index is 11.6. The van der Waals surface area contributed by atoms with Crippen molar-refractivity contribution in [1.29, 1.82) is 0 Å². The molecule has 0 N–H and O–H groups in total. The molecule has 10 atom stereocenters. The number of ether oxygens (including phenoxy) is 3. The fourth-order valence-electron chi connectivity index (χ4n) is 9.86. The van der Waals surface area contributed by atoms with Crippen LogP contribution >= 0.6 is 0 Å². The molecule has 0 bridgehead atoms. The van der Waals surface area contributed by atoms with E-state index in [1.165, 1.54) is 56.8 Å². The lowest BCUT2D eigenvalue weighted by Crippen LogP contribution is -2.54. The fraction of sp³-hybridized carbons (Fsp3) is 0.871. The van der Waals surface area contributed by atoms with E-state index in [0.29, 0.717) is 41.3 Å². The molecule has 5 nitrogen and oxygen atoms in total. The second-order valence-corrected chi connectivity index (χ2v) is 13.6. The van der Waals surface area contributed by atoms with Gasteiger partial charge in [0.1, 0.15) is 12.2 Å². The lowest BCUT2D eigenvalue weighted by atomic mass is 9.44. The zero-order valence-corrected chi connectivity index (χ0v) is 23.4. The van der Waals surface area contributed by atoms with Crippen LogP contribution in [-0.4, -0.2) is 30.8 Å². The average Bonchev–Trinajstić information content (AvgIpc) is 3.29. The van der Waals surface area contributed by atoms with Gasteiger partial charge in [0.05, 0.1) is 12.4 Å². The predicted octanol–water partition coefficient (Wildman–Crippen LogP) is 6.84. The van der Waals surface area contributed by atoms with Crippen LogP contribution in [0.25, 0.3) is 0 Å².